The van der Waals surface area contributed by atoms with Gasteiger partial charge in [0.1, 0.15) is 0 Å². The molecule has 2 N–H and O–H groups in total. The first-order valence-corrected chi connectivity index (χ1v) is 8.76. The van der Waals surface area contributed by atoms with Crippen LogP contribution in [0.25, 0.3) is 10.9 Å². The summed E-state index contributed by atoms with van der Waals surface area (Å²) in [5.41, 5.74) is 9.50. The number of aromatic nitrogens is 1. The van der Waals surface area contributed by atoms with Gasteiger partial charge in [-0.25, -0.2) is 0 Å². The Labute approximate surface area is 130 Å². The van der Waals surface area contributed by atoms with E-state index in [1.54, 1.807) is 0 Å². The largest absolute Gasteiger partial charge is 0.371 e. The maximum Gasteiger partial charge on any atom is 0.0726 e. The molecular weight excluding hydrogens is 278 g/mol. The van der Waals surface area contributed by atoms with E-state index >= 15 is 0 Å². The first kappa shape index (κ1) is 14.7. The summed E-state index contributed by atoms with van der Waals surface area (Å²) >= 11 is 1.93. The minimum atomic E-state index is 0.272. The molecular formula is C17H23N3S. The maximum atomic E-state index is 6.00. The lowest BCUT2D eigenvalue weighted by atomic mass is 9.95. The highest BCUT2D eigenvalue weighted by Gasteiger charge is 2.33. The standard InChI is InChI=1S/C17H23N3S/c1-13-11-16(14-5-3-4-6-15(14)19-13)20-9-7-17(12-18,21-2)8-10-20/h3-6,11H,7-10,12,18H2,1-2H3. The number of hydrogen-bond acceptors (Lipinski definition) is 4. The van der Waals surface area contributed by atoms with Gasteiger partial charge in [0, 0.05) is 41.1 Å². The summed E-state index contributed by atoms with van der Waals surface area (Å²) in [6.45, 7) is 5.00. The lowest BCUT2D eigenvalue weighted by molar-refractivity contribution is 0.457. The van der Waals surface area contributed by atoms with Gasteiger partial charge < -0.3 is 10.6 Å². The normalized spacial score (nSPS) is 18.1. The maximum absolute atomic E-state index is 6.00. The first-order chi connectivity index (χ1) is 10.2. The van der Waals surface area contributed by atoms with E-state index in [-0.39, 0.29) is 4.75 Å². The molecule has 1 aromatic heterocycles. The van der Waals surface area contributed by atoms with E-state index < -0.39 is 0 Å². The zero-order chi connectivity index (χ0) is 14.9. The Bertz CT molecular complexity index is 627. The highest BCUT2D eigenvalue weighted by Crippen LogP contribution is 2.36. The van der Waals surface area contributed by atoms with Crippen LogP contribution in [0.3, 0.4) is 0 Å². The quantitative estimate of drug-likeness (QED) is 0.945. The van der Waals surface area contributed by atoms with Gasteiger partial charge in [-0.15, -0.1) is 0 Å². The number of aryl methyl sites for hydroxylation is 1. The van der Waals surface area contributed by atoms with Crippen molar-refractivity contribution in [2.24, 2.45) is 5.73 Å². The summed E-state index contributed by atoms with van der Waals surface area (Å²) in [5.74, 6) is 0. The lowest BCUT2D eigenvalue weighted by Gasteiger charge is -2.41. The summed E-state index contributed by atoms with van der Waals surface area (Å²) < 4.78 is 0.272. The van der Waals surface area contributed by atoms with Crippen LogP contribution in [0.4, 0.5) is 5.69 Å². The monoisotopic (exact) mass is 301 g/mol. The minimum Gasteiger partial charge on any atom is -0.371 e. The van der Waals surface area contributed by atoms with E-state index in [0.29, 0.717) is 0 Å². The smallest absolute Gasteiger partial charge is 0.0726 e. The Hall–Kier alpha value is -1.26. The summed E-state index contributed by atoms with van der Waals surface area (Å²) in [5, 5.41) is 1.26. The molecule has 1 fully saturated rings. The fourth-order valence-electron chi connectivity index (χ4n) is 3.19. The van der Waals surface area contributed by atoms with Crippen LogP contribution in [0.15, 0.2) is 30.3 Å². The van der Waals surface area contributed by atoms with Gasteiger partial charge in [-0.1, -0.05) is 18.2 Å². The highest BCUT2D eigenvalue weighted by atomic mass is 32.2. The Morgan fingerprint density at radius 1 is 1.29 bits per heavy atom. The van der Waals surface area contributed by atoms with Gasteiger partial charge in [-0.2, -0.15) is 11.8 Å². The lowest BCUT2D eigenvalue weighted by Crippen LogP contribution is -2.46. The molecule has 0 spiro atoms. The van der Waals surface area contributed by atoms with E-state index in [4.69, 9.17) is 5.73 Å². The Morgan fingerprint density at radius 3 is 2.67 bits per heavy atom. The Kier molecular flexibility index (Phi) is 4.09. The van der Waals surface area contributed by atoms with Gasteiger partial charge >= 0.3 is 0 Å². The number of fused-ring (bicyclic) bond motifs is 1. The molecule has 0 aliphatic carbocycles. The molecule has 1 aliphatic heterocycles. The number of hydrogen-bond donors (Lipinski definition) is 1. The summed E-state index contributed by atoms with van der Waals surface area (Å²) in [6.07, 6.45) is 4.50. The predicted octanol–water partition coefficient (Wildman–Crippen LogP) is 3.20. The zero-order valence-corrected chi connectivity index (χ0v) is 13.6. The van der Waals surface area contributed by atoms with Crippen LogP contribution < -0.4 is 10.6 Å². The van der Waals surface area contributed by atoms with Gasteiger partial charge in [-0.3, -0.25) is 4.98 Å². The van der Waals surface area contributed by atoms with E-state index in [9.17, 15) is 0 Å². The predicted molar refractivity (Wildman–Crippen MR) is 93.2 cm³/mol. The molecule has 2 heterocycles. The number of pyridine rings is 1. The molecule has 112 valence electrons. The van der Waals surface area contributed by atoms with Crippen molar-refractivity contribution in [1.82, 2.24) is 4.98 Å². The first-order valence-electron chi connectivity index (χ1n) is 7.54. The molecule has 0 bridgehead atoms. The summed E-state index contributed by atoms with van der Waals surface area (Å²) in [6, 6.07) is 10.6. The molecule has 0 atom stereocenters. The van der Waals surface area contributed by atoms with Crippen molar-refractivity contribution in [1.29, 1.82) is 0 Å². The van der Waals surface area contributed by atoms with Crippen molar-refractivity contribution in [3.63, 3.8) is 0 Å². The number of rotatable bonds is 3. The number of piperidine rings is 1. The molecule has 0 unspecified atom stereocenters. The van der Waals surface area contributed by atoms with E-state index in [2.05, 4.69) is 53.4 Å². The van der Waals surface area contributed by atoms with Gasteiger partial charge in [0.2, 0.25) is 0 Å². The number of nitrogens with zero attached hydrogens (tertiary/aromatic N) is 2. The van der Waals surface area contributed by atoms with E-state index in [1.165, 1.54) is 11.1 Å². The highest BCUT2D eigenvalue weighted by molar-refractivity contribution is 8.00. The van der Waals surface area contributed by atoms with E-state index in [0.717, 1.165) is 43.7 Å². The fourth-order valence-corrected chi connectivity index (χ4v) is 3.95. The zero-order valence-electron chi connectivity index (χ0n) is 12.8. The fraction of sp³-hybridized carbons (Fsp3) is 0.471. The Balaban J connectivity index is 1.92. The van der Waals surface area contributed by atoms with Crippen LogP contribution in [0, 0.1) is 6.92 Å². The summed E-state index contributed by atoms with van der Waals surface area (Å²) in [7, 11) is 0. The minimum absolute atomic E-state index is 0.272. The molecule has 1 aromatic carbocycles. The van der Waals surface area contributed by atoms with Crippen LogP contribution in [-0.2, 0) is 0 Å². The average molecular weight is 301 g/mol. The number of benzene rings is 1. The van der Waals surface area contributed by atoms with Crippen molar-refractivity contribution >= 4 is 28.4 Å². The van der Waals surface area contributed by atoms with Crippen molar-refractivity contribution in [3.05, 3.63) is 36.0 Å². The number of thioether (sulfide) groups is 1. The second kappa shape index (κ2) is 5.85. The van der Waals surface area contributed by atoms with Gasteiger partial charge in [0.05, 0.1) is 5.52 Å². The molecule has 0 amide bonds. The SMILES string of the molecule is CSC1(CN)CCN(c2cc(C)nc3ccccc23)CC1. The topological polar surface area (TPSA) is 42.1 Å². The molecule has 3 nitrogen and oxygen atoms in total. The van der Waals surface area contributed by atoms with Gasteiger partial charge in [0.25, 0.3) is 0 Å². The van der Waals surface area contributed by atoms with Gasteiger partial charge in [-0.05, 0) is 38.2 Å². The molecule has 2 aromatic rings. The van der Waals surface area contributed by atoms with Crippen LogP contribution in [0.2, 0.25) is 0 Å². The molecule has 3 rings (SSSR count). The second-order valence-corrected chi connectivity index (χ2v) is 7.15. The molecule has 4 heteroatoms. The molecule has 21 heavy (non-hydrogen) atoms. The third-order valence-corrected chi connectivity index (χ3v) is 6.08. The number of anilines is 1. The van der Waals surface area contributed by atoms with E-state index in [1.807, 2.05) is 11.8 Å². The van der Waals surface area contributed by atoms with Crippen LogP contribution in [0.1, 0.15) is 18.5 Å². The number of nitrogens with two attached hydrogens (primary N) is 1. The average Bonchev–Trinajstić information content (AvgIpc) is 2.54. The summed E-state index contributed by atoms with van der Waals surface area (Å²) in [4.78, 5) is 7.14. The van der Waals surface area contributed by atoms with Crippen LogP contribution in [0.5, 0.6) is 0 Å². The number of para-hydroxylation sites is 1. The van der Waals surface area contributed by atoms with Crippen LogP contribution in [-0.4, -0.2) is 35.6 Å². The van der Waals surface area contributed by atoms with Crippen molar-refractivity contribution in [2.45, 2.75) is 24.5 Å². The van der Waals surface area contributed by atoms with Gasteiger partial charge in [0.15, 0.2) is 0 Å². The Morgan fingerprint density at radius 2 is 2.00 bits per heavy atom. The molecule has 0 radical (unpaired) electrons. The molecule has 0 saturated carbocycles. The molecule has 1 aliphatic rings. The third-order valence-electron chi connectivity index (χ3n) is 4.64. The second-order valence-electron chi connectivity index (χ2n) is 5.88. The molecule has 1 saturated heterocycles. The third kappa shape index (κ3) is 2.74. The van der Waals surface area contributed by atoms with Crippen molar-refractivity contribution < 1.29 is 0 Å². The van der Waals surface area contributed by atoms with Crippen LogP contribution >= 0.6 is 11.8 Å². The van der Waals surface area contributed by atoms with Crippen molar-refractivity contribution in [3.8, 4) is 0 Å². The van der Waals surface area contributed by atoms with Crippen molar-refractivity contribution in [2.75, 3.05) is 30.8 Å².